The maximum Gasteiger partial charge on any atom is 0.321 e. The van der Waals surface area contributed by atoms with Gasteiger partial charge in [-0.05, 0) is 30.3 Å². The Labute approximate surface area is 145 Å². The SMILES string of the molecule is CC(=O)Nc1cc(NC(=O)N(C)CCOc2ccccc2)ccc1F. The van der Waals surface area contributed by atoms with Crippen molar-refractivity contribution >= 4 is 23.3 Å². The number of carbonyl (C=O) groups excluding carboxylic acids is 2. The average molecular weight is 345 g/mol. The molecule has 0 aliphatic heterocycles. The Kier molecular flexibility index (Phi) is 6.33. The third-order valence-electron chi connectivity index (χ3n) is 3.31. The normalized spacial score (nSPS) is 10.0. The number of halogens is 1. The van der Waals surface area contributed by atoms with Crippen LogP contribution in [0.5, 0.6) is 5.75 Å². The summed E-state index contributed by atoms with van der Waals surface area (Å²) in [6, 6.07) is 12.9. The summed E-state index contributed by atoms with van der Waals surface area (Å²) in [6.07, 6.45) is 0. The highest BCUT2D eigenvalue weighted by Gasteiger charge is 2.11. The minimum Gasteiger partial charge on any atom is -0.492 e. The van der Waals surface area contributed by atoms with Gasteiger partial charge in [0.25, 0.3) is 0 Å². The van der Waals surface area contributed by atoms with Crippen LogP contribution in [0.25, 0.3) is 0 Å². The monoisotopic (exact) mass is 345 g/mol. The molecule has 2 aromatic carbocycles. The van der Waals surface area contributed by atoms with Crippen LogP contribution in [-0.4, -0.2) is 37.0 Å². The smallest absolute Gasteiger partial charge is 0.321 e. The van der Waals surface area contributed by atoms with Gasteiger partial charge in [-0.25, -0.2) is 9.18 Å². The van der Waals surface area contributed by atoms with Crippen molar-refractivity contribution in [2.75, 3.05) is 30.8 Å². The van der Waals surface area contributed by atoms with Crippen LogP contribution in [0.2, 0.25) is 0 Å². The number of anilines is 2. The molecule has 0 heterocycles. The number of hydrogen-bond acceptors (Lipinski definition) is 3. The zero-order chi connectivity index (χ0) is 18.2. The second kappa shape index (κ2) is 8.68. The Bertz CT molecular complexity index is 738. The number of hydrogen-bond donors (Lipinski definition) is 2. The first-order valence-electron chi connectivity index (χ1n) is 7.73. The number of urea groups is 1. The molecule has 2 rings (SSSR count). The van der Waals surface area contributed by atoms with Gasteiger partial charge in [-0.3, -0.25) is 4.79 Å². The molecule has 0 fully saturated rings. The largest absolute Gasteiger partial charge is 0.492 e. The Hall–Kier alpha value is -3.09. The van der Waals surface area contributed by atoms with E-state index in [1.807, 2.05) is 30.3 Å². The minimum atomic E-state index is -0.571. The predicted octanol–water partition coefficient (Wildman–Crippen LogP) is 3.33. The minimum absolute atomic E-state index is 0.0142. The van der Waals surface area contributed by atoms with Crippen LogP contribution >= 0.6 is 0 Å². The van der Waals surface area contributed by atoms with Gasteiger partial charge in [0.1, 0.15) is 18.2 Å². The van der Waals surface area contributed by atoms with Crippen molar-refractivity contribution in [1.29, 1.82) is 0 Å². The lowest BCUT2D eigenvalue weighted by Crippen LogP contribution is -2.34. The molecule has 2 aromatic rings. The zero-order valence-electron chi connectivity index (χ0n) is 14.1. The second-order valence-electron chi connectivity index (χ2n) is 5.39. The van der Waals surface area contributed by atoms with Crippen LogP contribution in [0.1, 0.15) is 6.92 Å². The Morgan fingerprint density at radius 1 is 1.12 bits per heavy atom. The molecule has 0 aromatic heterocycles. The number of likely N-dealkylation sites (N-methyl/N-ethyl adjacent to an activating group) is 1. The van der Waals surface area contributed by atoms with Crippen LogP contribution in [0.4, 0.5) is 20.6 Å². The summed E-state index contributed by atoms with van der Waals surface area (Å²) >= 11 is 0. The van der Waals surface area contributed by atoms with Crippen LogP contribution in [0, 0.1) is 5.82 Å². The molecule has 0 saturated heterocycles. The first-order valence-corrected chi connectivity index (χ1v) is 7.73. The Morgan fingerprint density at radius 3 is 2.52 bits per heavy atom. The number of benzene rings is 2. The van der Waals surface area contributed by atoms with Crippen LogP contribution in [0.3, 0.4) is 0 Å². The van der Waals surface area contributed by atoms with E-state index in [0.717, 1.165) is 5.75 Å². The summed E-state index contributed by atoms with van der Waals surface area (Å²) in [4.78, 5) is 24.7. The van der Waals surface area contributed by atoms with Gasteiger partial charge in [0.15, 0.2) is 0 Å². The maximum absolute atomic E-state index is 13.6. The Morgan fingerprint density at radius 2 is 1.84 bits per heavy atom. The molecule has 2 N–H and O–H groups in total. The molecular weight excluding hydrogens is 325 g/mol. The van der Waals surface area contributed by atoms with Crippen molar-refractivity contribution < 1.29 is 18.7 Å². The number of para-hydroxylation sites is 1. The average Bonchev–Trinajstić information content (AvgIpc) is 2.58. The number of carbonyl (C=O) groups is 2. The summed E-state index contributed by atoms with van der Waals surface area (Å²) in [5.41, 5.74) is 0.395. The van der Waals surface area contributed by atoms with E-state index in [1.165, 1.54) is 30.0 Å². The van der Waals surface area contributed by atoms with E-state index in [0.29, 0.717) is 18.8 Å². The molecule has 0 atom stereocenters. The second-order valence-corrected chi connectivity index (χ2v) is 5.39. The van der Waals surface area contributed by atoms with Gasteiger partial charge in [0.05, 0.1) is 12.2 Å². The van der Waals surface area contributed by atoms with Crippen molar-refractivity contribution in [1.82, 2.24) is 4.90 Å². The van der Waals surface area contributed by atoms with Crippen molar-refractivity contribution in [2.45, 2.75) is 6.92 Å². The molecule has 25 heavy (non-hydrogen) atoms. The molecule has 0 saturated carbocycles. The first kappa shape index (κ1) is 18.3. The molecule has 0 spiro atoms. The summed E-state index contributed by atoms with van der Waals surface area (Å²) < 4.78 is 19.1. The standard InChI is InChI=1S/C18H20FN3O3/c1-13(23)20-17-12-14(8-9-16(17)19)21-18(24)22(2)10-11-25-15-6-4-3-5-7-15/h3-9,12H,10-11H2,1-2H3,(H,20,23)(H,21,24). The topological polar surface area (TPSA) is 70.7 Å². The van der Waals surface area contributed by atoms with Gasteiger partial charge in [-0.1, -0.05) is 18.2 Å². The van der Waals surface area contributed by atoms with Crippen molar-refractivity contribution in [3.05, 3.63) is 54.3 Å². The molecule has 0 aliphatic carbocycles. The third-order valence-corrected chi connectivity index (χ3v) is 3.31. The predicted molar refractivity (Wildman–Crippen MR) is 94.3 cm³/mol. The van der Waals surface area contributed by atoms with Gasteiger partial charge < -0.3 is 20.3 Å². The van der Waals surface area contributed by atoms with Crippen molar-refractivity contribution in [3.63, 3.8) is 0 Å². The first-order chi connectivity index (χ1) is 12.0. The van der Waals surface area contributed by atoms with Crippen LogP contribution < -0.4 is 15.4 Å². The van der Waals surface area contributed by atoms with E-state index in [9.17, 15) is 14.0 Å². The van der Waals surface area contributed by atoms with Crippen molar-refractivity contribution in [2.24, 2.45) is 0 Å². The highest BCUT2D eigenvalue weighted by atomic mass is 19.1. The number of ether oxygens (including phenoxy) is 1. The number of rotatable bonds is 6. The van der Waals surface area contributed by atoms with Crippen molar-refractivity contribution in [3.8, 4) is 5.75 Å². The highest BCUT2D eigenvalue weighted by Crippen LogP contribution is 2.20. The molecule has 0 aliphatic rings. The van der Waals surface area contributed by atoms with E-state index >= 15 is 0 Å². The Balaban J connectivity index is 1.87. The maximum atomic E-state index is 13.6. The fourth-order valence-corrected chi connectivity index (χ4v) is 2.03. The molecule has 6 nitrogen and oxygen atoms in total. The summed E-state index contributed by atoms with van der Waals surface area (Å²) in [5.74, 6) is -0.231. The fourth-order valence-electron chi connectivity index (χ4n) is 2.03. The third kappa shape index (κ3) is 5.80. The van der Waals surface area contributed by atoms with E-state index < -0.39 is 11.7 Å². The number of nitrogens with zero attached hydrogens (tertiary/aromatic N) is 1. The van der Waals surface area contributed by atoms with E-state index in [1.54, 1.807) is 7.05 Å². The summed E-state index contributed by atoms with van der Waals surface area (Å²) in [6.45, 7) is 2.00. The zero-order valence-corrected chi connectivity index (χ0v) is 14.1. The molecule has 7 heteroatoms. The van der Waals surface area contributed by atoms with Gasteiger partial charge >= 0.3 is 6.03 Å². The number of amides is 3. The lowest BCUT2D eigenvalue weighted by Gasteiger charge is -2.18. The number of nitrogens with one attached hydrogen (secondary N) is 2. The molecule has 0 bridgehead atoms. The summed E-state index contributed by atoms with van der Waals surface area (Å²) in [5, 5.41) is 5.01. The van der Waals surface area contributed by atoms with Gasteiger partial charge in [0, 0.05) is 19.7 Å². The molecule has 0 radical (unpaired) electrons. The molecule has 3 amide bonds. The molecular formula is C18H20FN3O3. The fraction of sp³-hybridized carbons (Fsp3) is 0.222. The van der Waals surface area contributed by atoms with Crippen LogP contribution in [0.15, 0.2) is 48.5 Å². The quantitative estimate of drug-likeness (QED) is 0.844. The lowest BCUT2D eigenvalue weighted by atomic mass is 10.2. The molecule has 132 valence electrons. The highest BCUT2D eigenvalue weighted by molar-refractivity contribution is 5.92. The van der Waals surface area contributed by atoms with E-state index in [2.05, 4.69) is 10.6 Å². The van der Waals surface area contributed by atoms with Gasteiger partial charge in [0.2, 0.25) is 5.91 Å². The summed E-state index contributed by atoms with van der Waals surface area (Å²) in [7, 11) is 1.63. The van der Waals surface area contributed by atoms with Gasteiger partial charge in [-0.2, -0.15) is 0 Å². The van der Waals surface area contributed by atoms with E-state index in [-0.39, 0.29) is 11.7 Å². The van der Waals surface area contributed by atoms with E-state index in [4.69, 9.17) is 4.74 Å². The molecule has 0 unspecified atom stereocenters. The van der Waals surface area contributed by atoms with Gasteiger partial charge in [-0.15, -0.1) is 0 Å². The van der Waals surface area contributed by atoms with Crippen LogP contribution in [-0.2, 0) is 4.79 Å². The lowest BCUT2D eigenvalue weighted by molar-refractivity contribution is -0.114.